The Kier molecular flexibility index (Phi) is 4.99. The fraction of sp³-hybridized carbons (Fsp3) is 0.211. The van der Waals surface area contributed by atoms with Crippen LogP contribution in [-0.4, -0.2) is 20.1 Å². The number of nitrogens with one attached hydrogen (secondary N) is 1. The Morgan fingerprint density at radius 2 is 1.96 bits per heavy atom. The van der Waals surface area contributed by atoms with Crippen molar-refractivity contribution in [2.75, 3.05) is 14.2 Å². The van der Waals surface area contributed by atoms with Crippen molar-refractivity contribution in [3.63, 3.8) is 0 Å². The summed E-state index contributed by atoms with van der Waals surface area (Å²) >= 11 is 3.44. The average Bonchev–Trinajstić information content (AvgIpc) is 2.96. The maximum atomic E-state index is 12.5. The van der Waals surface area contributed by atoms with Crippen LogP contribution < -0.4 is 14.8 Å². The average molecular weight is 404 g/mol. The molecule has 0 fully saturated rings. The van der Waals surface area contributed by atoms with Gasteiger partial charge in [0.25, 0.3) is 5.91 Å². The maximum Gasteiger partial charge on any atom is 0.287 e. The number of amides is 1. The number of furan rings is 1. The summed E-state index contributed by atoms with van der Waals surface area (Å²) in [5.41, 5.74) is 2.36. The van der Waals surface area contributed by atoms with E-state index in [4.69, 9.17) is 13.9 Å². The summed E-state index contributed by atoms with van der Waals surface area (Å²) in [6, 6.07) is 11.1. The number of carbonyl (C=O) groups excluding carboxylic acids is 1. The van der Waals surface area contributed by atoms with Crippen LogP contribution in [0, 0.1) is 6.92 Å². The van der Waals surface area contributed by atoms with Crippen LogP contribution in [0.4, 0.5) is 0 Å². The summed E-state index contributed by atoms with van der Waals surface area (Å²) in [5.74, 6) is 1.42. The molecule has 0 aliphatic heterocycles. The lowest BCUT2D eigenvalue weighted by molar-refractivity contribution is 0.0924. The molecule has 1 amide bonds. The maximum absolute atomic E-state index is 12.5. The third-order valence-electron chi connectivity index (χ3n) is 4.04. The molecule has 0 saturated carbocycles. The number of benzene rings is 2. The normalized spacial score (nSPS) is 10.7. The topological polar surface area (TPSA) is 60.7 Å². The van der Waals surface area contributed by atoms with Crippen LogP contribution in [0.5, 0.6) is 11.5 Å². The largest absolute Gasteiger partial charge is 0.497 e. The van der Waals surface area contributed by atoms with Crippen molar-refractivity contribution in [2.45, 2.75) is 13.5 Å². The molecule has 1 N–H and O–H groups in total. The summed E-state index contributed by atoms with van der Waals surface area (Å²) in [7, 11) is 3.18. The Balaban J connectivity index is 1.80. The zero-order valence-electron chi connectivity index (χ0n) is 14.2. The van der Waals surface area contributed by atoms with Crippen molar-refractivity contribution in [2.24, 2.45) is 0 Å². The van der Waals surface area contributed by atoms with Gasteiger partial charge in [-0.3, -0.25) is 4.79 Å². The Morgan fingerprint density at radius 1 is 1.16 bits per heavy atom. The lowest BCUT2D eigenvalue weighted by Crippen LogP contribution is -2.23. The number of aryl methyl sites for hydroxylation is 1. The van der Waals surface area contributed by atoms with Crippen molar-refractivity contribution in [3.05, 3.63) is 57.8 Å². The van der Waals surface area contributed by atoms with Crippen LogP contribution in [0.2, 0.25) is 0 Å². The number of halogens is 1. The number of carbonyl (C=O) groups is 1. The molecular formula is C19H18BrNO4. The third-order valence-corrected chi connectivity index (χ3v) is 4.53. The van der Waals surface area contributed by atoms with Crippen molar-refractivity contribution in [3.8, 4) is 11.5 Å². The molecule has 3 aromatic rings. The molecule has 0 unspecified atom stereocenters. The second-order valence-electron chi connectivity index (χ2n) is 5.56. The first-order valence-corrected chi connectivity index (χ1v) is 8.50. The van der Waals surface area contributed by atoms with E-state index in [-0.39, 0.29) is 5.91 Å². The first-order chi connectivity index (χ1) is 12.0. The molecule has 0 aliphatic rings. The second-order valence-corrected chi connectivity index (χ2v) is 6.47. The van der Waals surface area contributed by atoms with Crippen LogP contribution in [0.25, 0.3) is 11.0 Å². The summed E-state index contributed by atoms with van der Waals surface area (Å²) in [5, 5.41) is 3.80. The lowest BCUT2D eigenvalue weighted by Gasteiger charge is -2.11. The van der Waals surface area contributed by atoms with Gasteiger partial charge in [0.2, 0.25) is 0 Å². The number of hydrogen-bond donors (Lipinski definition) is 1. The minimum atomic E-state index is -0.261. The van der Waals surface area contributed by atoms with Crippen LogP contribution in [-0.2, 0) is 6.54 Å². The van der Waals surface area contributed by atoms with E-state index in [0.717, 1.165) is 21.0 Å². The van der Waals surface area contributed by atoms with E-state index in [1.54, 1.807) is 20.3 Å². The molecule has 0 saturated heterocycles. The zero-order valence-corrected chi connectivity index (χ0v) is 15.8. The van der Waals surface area contributed by atoms with Gasteiger partial charge in [0.1, 0.15) is 17.1 Å². The van der Waals surface area contributed by atoms with E-state index in [2.05, 4.69) is 21.2 Å². The fourth-order valence-corrected chi connectivity index (χ4v) is 3.02. The molecule has 0 atom stereocenters. The Labute approximate surface area is 154 Å². The summed E-state index contributed by atoms with van der Waals surface area (Å²) in [4.78, 5) is 12.5. The predicted octanol–water partition coefficient (Wildman–Crippen LogP) is 4.45. The molecule has 0 aliphatic carbocycles. The van der Waals surface area contributed by atoms with Gasteiger partial charge in [0, 0.05) is 33.6 Å². The van der Waals surface area contributed by atoms with Crippen molar-refractivity contribution in [1.82, 2.24) is 5.32 Å². The van der Waals surface area contributed by atoms with Crippen LogP contribution in [0.3, 0.4) is 0 Å². The van der Waals surface area contributed by atoms with Crippen molar-refractivity contribution in [1.29, 1.82) is 0 Å². The summed E-state index contributed by atoms with van der Waals surface area (Å²) < 4.78 is 17.2. The number of ether oxygens (including phenoxy) is 2. The van der Waals surface area contributed by atoms with E-state index in [0.29, 0.717) is 29.4 Å². The second kappa shape index (κ2) is 7.19. The lowest BCUT2D eigenvalue weighted by atomic mass is 10.1. The standard InChI is InChI=1S/C19H18BrNO4/c1-11-15-8-13(20)5-7-16(15)25-18(11)19(22)21-10-12-4-6-14(23-2)9-17(12)24-3/h4-9H,10H2,1-3H3,(H,21,22). The van der Waals surface area contributed by atoms with E-state index in [1.807, 2.05) is 37.3 Å². The highest BCUT2D eigenvalue weighted by Crippen LogP contribution is 2.28. The first kappa shape index (κ1) is 17.4. The molecule has 6 heteroatoms. The van der Waals surface area contributed by atoms with Crippen molar-refractivity contribution < 1.29 is 18.7 Å². The van der Waals surface area contributed by atoms with Gasteiger partial charge in [0.15, 0.2) is 5.76 Å². The highest BCUT2D eigenvalue weighted by atomic mass is 79.9. The third kappa shape index (κ3) is 3.49. The molecule has 3 rings (SSSR count). The molecule has 0 bridgehead atoms. The Bertz CT molecular complexity index is 933. The minimum Gasteiger partial charge on any atom is -0.497 e. The van der Waals surface area contributed by atoms with Crippen LogP contribution in [0.15, 0.2) is 45.3 Å². The van der Waals surface area contributed by atoms with E-state index in [1.165, 1.54) is 0 Å². The highest BCUT2D eigenvalue weighted by Gasteiger charge is 2.18. The predicted molar refractivity (Wildman–Crippen MR) is 99.4 cm³/mol. The zero-order chi connectivity index (χ0) is 18.0. The van der Waals surface area contributed by atoms with Gasteiger partial charge in [-0.1, -0.05) is 15.9 Å². The molecule has 5 nitrogen and oxygen atoms in total. The van der Waals surface area contributed by atoms with E-state index < -0.39 is 0 Å². The van der Waals surface area contributed by atoms with Gasteiger partial charge >= 0.3 is 0 Å². The fourth-order valence-electron chi connectivity index (χ4n) is 2.66. The minimum absolute atomic E-state index is 0.261. The Hall–Kier alpha value is -2.47. The van der Waals surface area contributed by atoms with Gasteiger partial charge in [-0.2, -0.15) is 0 Å². The van der Waals surface area contributed by atoms with Gasteiger partial charge in [-0.25, -0.2) is 0 Å². The molecule has 1 aromatic heterocycles. The molecule has 25 heavy (non-hydrogen) atoms. The molecule has 2 aromatic carbocycles. The van der Waals surface area contributed by atoms with Gasteiger partial charge in [-0.05, 0) is 37.3 Å². The quantitative estimate of drug-likeness (QED) is 0.683. The first-order valence-electron chi connectivity index (χ1n) is 7.71. The Morgan fingerprint density at radius 3 is 2.68 bits per heavy atom. The number of fused-ring (bicyclic) bond motifs is 1. The molecule has 130 valence electrons. The monoisotopic (exact) mass is 403 g/mol. The smallest absolute Gasteiger partial charge is 0.287 e. The molecule has 0 radical (unpaired) electrons. The van der Waals surface area contributed by atoms with E-state index in [9.17, 15) is 4.79 Å². The highest BCUT2D eigenvalue weighted by molar-refractivity contribution is 9.10. The van der Waals surface area contributed by atoms with Gasteiger partial charge in [-0.15, -0.1) is 0 Å². The summed E-state index contributed by atoms with van der Waals surface area (Å²) in [6.07, 6.45) is 0. The molecule has 1 heterocycles. The summed E-state index contributed by atoms with van der Waals surface area (Å²) in [6.45, 7) is 2.20. The SMILES string of the molecule is COc1ccc(CNC(=O)c2oc3ccc(Br)cc3c2C)c(OC)c1. The van der Waals surface area contributed by atoms with Crippen molar-refractivity contribution >= 4 is 32.8 Å². The number of rotatable bonds is 5. The van der Waals surface area contributed by atoms with Gasteiger partial charge < -0.3 is 19.2 Å². The van der Waals surface area contributed by atoms with Crippen LogP contribution in [0.1, 0.15) is 21.7 Å². The molecule has 0 spiro atoms. The molecular weight excluding hydrogens is 386 g/mol. The van der Waals surface area contributed by atoms with E-state index >= 15 is 0 Å². The van der Waals surface area contributed by atoms with Gasteiger partial charge in [0.05, 0.1) is 14.2 Å². The number of methoxy groups -OCH3 is 2. The van der Waals surface area contributed by atoms with Crippen LogP contribution >= 0.6 is 15.9 Å². The number of hydrogen-bond acceptors (Lipinski definition) is 4.